The predicted octanol–water partition coefficient (Wildman–Crippen LogP) is 3.97. The molecule has 0 aliphatic carbocycles. The molecule has 140 valence electrons. The maximum Gasteiger partial charge on any atom is 0.261 e. The molecule has 0 bridgehead atoms. The lowest BCUT2D eigenvalue weighted by Crippen LogP contribution is -2.31. The molecule has 27 heavy (non-hydrogen) atoms. The normalized spacial score (nSPS) is 12.1. The highest BCUT2D eigenvalue weighted by atomic mass is 35.5. The van der Waals surface area contributed by atoms with Gasteiger partial charge in [0.2, 0.25) is 5.91 Å². The van der Waals surface area contributed by atoms with Crippen LogP contribution in [0.5, 0.6) is 0 Å². The van der Waals surface area contributed by atoms with E-state index in [0.29, 0.717) is 22.5 Å². The van der Waals surface area contributed by atoms with E-state index in [1.54, 1.807) is 18.0 Å². The summed E-state index contributed by atoms with van der Waals surface area (Å²) in [5, 5.41) is 1.24. The predicted molar refractivity (Wildman–Crippen MR) is 108 cm³/mol. The van der Waals surface area contributed by atoms with Crippen molar-refractivity contribution < 1.29 is 4.79 Å². The molecule has 0 aliphatic heterocycles. The van der Waals surface area contributed by atoms with E-state index in [1.807, 2.05) is 50.2 Å². The fraction of sp³-hybridized carbons (Fsp3) is 0.286. The van der Waals surface area contributed by atoms with Crippen molar-refractivity contribution in [3.63, 3.8) is 0 Å². The number of para-hydroxylation sites is 1. The van der Waals surface area contributed by atoms with Crippen LogP contribution in [0.1, 0.15) is 30.5 Å². The van der Waals surface area contributed by atoms with Crippen molar-refractivity contribution in [2.24, 2.45) is 0 Å². The van der Waals surface area contributed by atoms with Crippen LogP contribution in [0.4, 0.5) is 0 Å². The van der Waals surface area contributed by atoms with Gasteiger partial charge >= 0.3 is 0 Å². The van der Waals surface area contributed by atoms with Crippen LogP contribution in [0.25, 0.3) is 10.9 Å². The minimum atomic E-state index is -0.120. The summed E-state index contributed by atoms with van der Waals surface area (Å²) >= 11 is 5.92. The molecule has 0 unspecified atom stereocenters. The molecule has 0 radical (unpaired) electrons. The van der Waals surface area contributed by atoms with Gasteiger partial charge in [-0.25, -0.2) is 4.98 Å². The Kier molecular flexibility index (Phi) is 5.61. The Morgan fingerprint density at radius 2 is 1.93 bits per heavy atom. The highest BCUT2D eigenvalue weighted by molar-refractivity contribution is 6.30. The second kappa shape index (κ2) is 7.92. The summed E-state index contributed by atoms with van der Waals surface area (Å²) < 4.78 is 1.50. The zero-order chi connectivity index (χ0) is 19.6. The lowest BCUT2D eigenvalue weighted by atomic mass is 10.1. The number of hydrogen-bond donors (Lipinski definition) is 0. The Morgan fingerprint density at radius 3 is 2.63 bits per heavy atom. The molecule has 0 spiro atoms. The highest BCUT2D eigenvalue weighted by Gasteiger charge is 2.17. The van der Waals surface area contributed by atoms with Crippen LogP contribution in [0.3, 0.4) is 0 Å². The third-order valence-corrected chi connectivity index (χ3v) is 5.20. The van der Waals surface area contributed by atoms with Gasteiger partial charge in [0.25, 0.3) is 5.56 Å². The summed E-state index contributed by atoms with van der Waals surface area (Å²) in [7, 11) is 1.77. The van der Waals surface area contributed by atoms with Crippen LogP contribution in [-0.2, 0) is 11.3 Å². The fourth-order valence-corrected chi connectivity index (χ4v) is 3.20. The SMILES string of the molecule is Cc1cccc2c(=O)n(CCC(=O)N(C)[C@@H](C)c3ccc(Cl)cc3)cnc12. The number of benzene rings is 2. The van der Waals surface area contributed by atoms with Crippen molar-refractivity contribution >= 4 is 28.4 Å². The van der Waals surface area contributed by atoms with E-state index in [1.165, 1.54) is 10.9 Å². The minimum absolute atomic E-state index is 0.0336. The van der Waals surface area contributed by atoms with Crippen molar-refractivity contribution in [1.82, 2.24) is 14.5 Å². The zero-order valence-electron chi connectivity index (χ0n) is 15.6. The van der Waals surface area contributed by atoms with Gasteiger partial charge in [-0.3, -0.25) is 14.2 Å². The number of amides is 1. The number of hydrogen-bond acceptors (Lipinski definition) is 3. The summed E-state index contributed by atoms with van der Waals surface area (Å²) in [5.41, 5.74) is 2.56. The van der Waals surface area contributed by atoms with E-state index in [2.05, 4.69) is 4.98 Å². The largest absolute Gasteiger partial charge is 0.339 e. The first-order chi connectivity index (χ1) is 12.9. The molecule has 0 fully saturated rings. The molecule has 5 nitrogen and oxygen atoms in total. The molecule has 2 aromatic carbocycles. The summed E-state index contributed by atoms with van der Waals surface area (Å²) in [6.45, 7) is 4.19. The zero-order valence-corrected chi connectivity index (χ0v) is 16.4. The van der Waals surface area contributed by atoms with E-state index in [9.17, 15) is 9.59 Å². The Bertz CT molecular complexity index is 1030. The summed E-state index contributed by atoms with van der Waals surface area (Å²) in [5.74, 6) is -0.0336. The van der Waals surface area contributed by atoms with E-state index >= 15 is 0 Å². The van der Waals surface area contributed by atoms with Gasteiger partial charge in [0, 0.05) is 25.0 Å². The molecule has 0 saturated carbocycles. The number of fused-ring (bicyclic) bond motifs is 1. The van der Waals surface area contributed by atoms with Crippen molar-refractivity contribution in [3.8, 4) is 0 Å². The van der Waals surface area contributed by atoms with E-state index in [4.69, 9.17) is 11.6 Å². The third kappa shape index (κ3) is 4.03. The summed E-state index contributed by atoms with van der Waals surface area (Å²) in [6.07, 6.45) is 1.75. The number of halogens is 1. The Hall–Kier alpha value is -2.66. The topological polar surface area (TPSA) is 55.2 Å². The van der Waals surface area contributed by atoms with E-state index in [-0.39, 0.29) is 23.9 Å². The fourth-order valence-electron chi connectivity index (χ4n) is 3.07. The highest BCUT2D eigenvalue weighted by Crippen LogP contribution is 2.21. The smallest absolute Gasteiger partial charge is 0.261 e. The quantitative estimate of drug-likeness (QED) is 0.669. The summed E-state index contributed by atoms with van der Waals surface area (Å²) in [6, 6.07) is 12.9. The van der Waals surface area contributed by atoms with Crippen molar-refractivity contribution in [1.29, 1.82) is 0 Å². The first-order valence-corrected chi connectivity index (χ1v) is 9.22. The molecule has 1 amide bonds. The maximum atomic E-state index is 12.6. The summed E-state index contributed by atoms with van der Waals surface area (Å²) in [4.78, 5) is 31.3. The number of aryl methyl sites for hydroxylation is 2. The van der Waals surface area contributed by atoms with Gasteiger partial charge in [0.1, 0.15) is 0 Å². The molecule has 3 aromatic rings. The van der Waals surface area contributed by atoms with Gasteiger partial charge in [-0.1, -0.05) is 35.9 Å². The second-order valence-electron chi connectivity index (χ2n) is 6.70. The third-order valence-electron chi connectivity index (χ3n) is 4.95. The molecule has 1 aromatic heterocycles. The number of aromatic nitrogens is 2. The van der Waals surface area contributed by atoms with Gasteiger partial charge in [-0.15, -0.1) is 0 Å². The van der Waals surface area contributed by atoms with E-state index < -0.39 is 0 Å². The van der Waals surface area contributed by atoms with Crippen molar-refractivity contribution in [2.75, 3.05) is 7.05 Å². The maximum absolute atomic E-state index is 12.6. The van der Waals surface area contributed by atoms with Crippen LogP contribution >= 0.6 is 11.6 Å². The Labute approximate surface area is 163 Å². The number of carbonyl (C=O) groups is 1. The molecule has 3 rings (SSSR count). The van der Waals surface area contributed by atoms with Crippen LogP contribution < -0.4 is 5.56 Å². The van der Waals surface area contributed by atoms with Crippen LogP contribution in [0, 0.1) is 6.92 Å². The average molecular weight is 384 g/mol. The van der Waals surface area contributed by atoms with Gasteiger partial charge < -0.3 is 4.90 Å². The number of rotatable bonds is 5. The average Bonchev–Trinajstić information content (AvgIpc) is 2.67. The minimum Gasteiger partial charge on any atom is -0.339 e. The van der Waals surface area contributed by atoms with E-state index in [0.717, 1.165) is 11.1 Å². The van der Waals surface area contributed by atoms with Crippen LogP contribution in [-0.4, -0.2) is 27.4 Å². The van der Waals surface area contributed by atoms with Crippen molar-refractivity contribution in [2.45, 2.75) is 32.9 Å². The van der Waals surface area contributed by atoms with Crippen molar-refractivity contribution in [3.05, 3.63) is 75.3 Å². The Morgan fingerprint density at radius 1 is 1.22 bits per heavy atom. The Balaban J connectivity index is 1.71. The van der Waals surface area contributed by atoms with Gasteiger partial charge in [-0.05, 0) is 43.2 Å². The lowest BCUT2D eigenvalue weighted by molar-refractivity contribution is -0.132. The molecule has 0 N–H and O–H groups in total. The molecular weight excluding hydrogens is 362 g/mol. The van der Waals surface area contributed by atoms with Gasteiger partial charge in [-0.2, -0.15) is 0 Å². The molecule has 0 aliphatic rings. The number of nitrogens with zero attached hydrogens (tertiary/aromatic N) is 3. The monoisotopic (exact) mass is 383 g/mol. The lowest BCUT2D eigenvalue weighted by Gasteiger charge is -2.25. The standard InChI is InChI=1S/C21H22ClN3O2/c1-14-5-4-6-18-20(14)23-13-25(21(18)27)12-11-19(26)24(3)15(2)16-7-9-17(22)10-8-16/h4-10,13,15H,11-12H2,1-3H3/t15-/m0/s1. The van der Waals surface area contributed by atoms with Crippen LogP contribution in [0.15, 0.2) is 53.6 Å². The molecule has 6 heteroatoms. The molecule has 1 atom stereocenters. The second-order valence-corrected chi connectivity index (χ2v) is 7.13. The first-order valence-electron chi connectivity index (χ1n) is 8.84. The molecule has 1 heterocycles. The van der Waals surface area contributed by atoms with Gasteiger partial charge in [0.15, 0.2) is 0 Å². The first kappa shape index (κ1) is 19.1. The van der Waals surface area contributed by atoms with Crippen LogP contribution in [0.2, 0.25) is 5.02 Å². The number of carbonyl (C=O) groups excluding carboxylic acids is 1. The molecular formula is C21H22ClN3O2. The molecule has 0 saturated heterocycles. The van der Waals surface area contributed by atoms with Gasteiger partial charge in [0.05, 0.1) is 23.3 Å².